The highest BCUT2D eigenvalue weighted by Gasteiger charge is 2.16. The van der Waals surface area contributed by atoms with Crippen LogP contribution in [0.25, 0.3) is 10.8 Å². The lowest BCUT2D eigenvalue weighted by Crippen LogP contribution is -2.30. The molecule has 0 fully saturated rings. The fourth-order valence-corrected chi connectivity index (χ4v) is 3.14. The van der Waals surface area contributed by atoms with Gasteiger partial charge >= 0.3 is 0 Å². The summed E-state index contributed by atoms with van der Waals surface area (Å²) in [6.07, 6.45) is 0.0756. The molecule has 3 rings (SSSR count). The van der Waals surface area contributed by atoms with E-state index >= 15 is 0 Å². The van der Waals surface area contributed by atoms with Gasteiger partial charge in [-0.3, -0.25) is 4.79 Å². The van der Waals surface area contributed by atoms with Crippen molar-refractivity contribution in [1.29, 1.82) is 0 Å². The molecular weight excluding hydrogens is 326 g/mol. The number of nitrogens with one attached hydrogen (secondary N) is 1. The summed E-state index contributed by atoms with van der Waals surface area (Å²) in [5, 5.41) is 5.23. The molecule has 0 aliphatic heterocycles. The molecule has 0 aromatic heterocycles. The number of carbonyl (C=O) groups excluding carboxylic acids is 1. The van der Waals surface area contributed by atoms with Crippen LogP contribution in [-0.4, -0.2) is 26.7 Å². The standard InChI is InChI=1S/C22H23NO3/c1-25-20-13-6-5-12-19(20)21(26-2)15-23-22(24)14-17-10-7-9-16-8-3-4-11-18(16)17/h3-13,21H,14-15H2,1-2H3,(H,23,24)/t21-/m1/s1. The third-order valence-electron chi connectivity index (χ3n) is 4.49. The van der Waals surface area contributed by atoms with Gasteiger partial charge in [-0.1, -0.05) is 60.7 Å². The second kappa shape index (κ2) is 8.50. The van der Waals surface area contributed by atoms with Crippen LogP contribution in [0.1, 0.15) is 17.2 Å². The maximum atomic E-state index is 12.5. The fraction of sp³-hybridized carbons (Fsp3) is 0.227. The van der Waals surface area contributed by atoms with Crippen molar-refractivity contribution in [3.8, 4) is 5.75 Å². The molecule has 3 aromatic carbocycles. The van der Waals surface area contributed by atoms with Crippen LogP contribution in [-0.2, 0) is 16.0 Å². The number of rotatable bonds is 7. The van der Waals surface area contributed by atoms with Crippen LogP contribution in [0.2, 0.25) is 0 Å². The zero-order valence-electron chi connectivity index (χ0n) is 15.1. The van der Waals surface area contributed by atoms with Crippen LogP contribution < -0.4 is 10.1 Å². The van der Waals surface area contributed by atoms with Crippen molar-refractivity contribution in [2.45, 2.75) is 12.5 Å². The van der Waals surface area contributed by atoms with Crippen molar-refractivity contribution in [2.24, 2.45) is 0 Å². The molecule has 0 radical (unpaired) electrons. The topological polar surface area (TPSA) is 47.6 Å². The van der Waals surface area contributed by atoms with E-state index in [0.29, 0.717) is 13.0 Å². The van der Waals surface area contributed by atoms with E-state index in [4.69, 9.17) is 9.47 Å². The van der Waals surface area contributed by atoms with Crippen LogP contribution in [0.15, 0.2) is 66.7 Å². The highest BCUT2D eigenvalue weighted by atomic mass is 16.5. The summed E-state index contributed by atoms with van der Waals surface area (Å²) in [7, 11) is 3.26. The third kappa shape index (κ3) is 4.03. The van der Waals surface area contributed by atoms with Gasteiger partial charge in [-0.25, -0.2) is 0 Å². The first-order valence-corrected chi connectivity index (χ1v) is 8.62. The average Bonchev–Trinajstić information content (AvgIpc) is 2.69. The number of carbonyl (C=O) groups is 1. The zero-order chi connectivity index (χ0) is 18.4. The van der Waals surface area contributed by atoms with Crippen molar-refractivity contribution in [2.75, 3.05) is 20.8 Å². The quantitative estimate of drug-likeness (QED) is 0.704. The predicted octanol–water partition coefficient (Wildman–Crippen LogP) is 3.89. The van der Waals surface area contributed by atoms with Gasteiger partial charge in [-0.05, 0) is 22.4 Å². The molecule has 0 unspecified atom stereocenters. The Hall–Kier alpha value is -2.85. The van der Waals surface area contributed by atoms with Gasteiger partial charge in [0.25, 0.3) is 0 Å². The number of methoxy groups -OCH3 is 2. The Labute approximate surface area is 153 Å². The monoisotopic (exact) mass is 349 g/mol. The lowest BCUT2D eigenvalue weighted by molar-refractivity contribution is -0.121. The van der Waals surface area contributed by atoms with Crippen molar-refractivity contribution in [3.63, 3.8) is 0 Å². The molecule has 0 saturated heterocycles. The van der Waals surface area contributed by atoms with E-state index in [1.165, 1.54) is 0 Å². The maximum Gasteiger partial charge on any atom is 0.224 e. The van der Waals surface area contributed by atoms with Crippen molar-refractivity contribution >= 4 is 16.7 Å². The van der Waals surface area contributed by atoms with Gasteiger partial charge in [0, 0.05) is 19.2 Å². The number of hydrogen-bond acceptors (Lipinski definition) is 3. The van der Waals surface area contributed by atoms with Crippen LogP contribution >= 0.6 is 0 Å². The normalized spacial score (nSPS) is 11.9. The van der Waals surface area contributed by atoms with Gasteiger partial charge in [0.05, 0.1) is 13.5 Å². The summed E-state index contributed by atoms with van der Waals surface area (Å²) in [5.41, 5.74) is 1.94. The van der Waals surface area contributed by atoms with Gasteiger partial charge in [0.15, 0.2) is 0 Å². The SMILES string of the molecule is COc1ccccc1[C@@H](CNC(=O)Cc1cccc2ccccc12)OC. The van der Waals surface area contributed by atoms with E-state index in [9.17, 15) is 4.79 Å². The Morgan fingerprint density at radius 3 is 2.50 bits per heavy atom. The number of hydrogen-bond donors (Lipinski definition) is 1. The molecule has 0 bridgehead atoms. The van der Waals surface area contributed by atoms with Crippen molar-refractivity contribution in [1.82, 2.24) is 5.32 Å². The molecule has 26 heavy (non-hydrogen) atoms. The van der Waals surface area contributed by atoms with Gasteiger partial charge in [0.2, 0.25) is 5.91 Å². The van der Waals surface area contributed by atoms with Crippen LogP contribution in [0.3, 0.4) is 0 Å². The summed E-state index contributed by atoms with van der Waals surface area (Å²) in [6, 6.07) is 21.8. The first kappa shape index (κ1) is 18.0. The second-order valence-electron chi connectivity index (χ2n) is 6.09. The van der Waals surface area contributed by atoms with E-state index in [1.54, 1.807) is 14.2 Å². The first-order valence-electron chi connectivity index (χ1n) is 8.62. The smallest absolute Gasteiger partial charge is 0.224 e. The number of para-hydroxylation sites is 1. The molecular formula is C22H23NO3. The minimum atomic E-state index is -0.261. The molecule has 4 heteroatoms. The second-order valence-corrected chi connectivity index (χ2v) is 6.09. The third-order valence-corrected chi connectivity index (χ3v) is 4.49. The predicted molar refractivity (Wildman–Crippen MR) is 103 cm³/mol. The molecule has 1 atom stereocenters. The van der Waals surface area contributed by atoms with E-state index in [0.717, 1.165) is 27.6 Å². The first-order chi connectivity index (χ1) is 12.7. The van der Waals surface area contributed by atoms with E-state index in [2.05, 4.69) is 17.4 Å². The van der Waals surface area contributed by atoms with E-state index < -0.39 is 0 Å². The molecule has 1 amide bonds. The molecule has 0 aliphatic rings. The van der Waals surface area contributed by atoms with Crippen LogP contribution in [0.4, 0.5) is 0 Å². The molecule has 0 saturated carbocycles. The molecule has 3 aromatic rings. The van der Waals surface area contributed by atoms with Crippen molar-refractivity contribution < 1.29 is 14.3 Å². The maximum absolute atomic E-state index is 12.5. The van der Waals surface area contributed by atoms with Crippen LogP contribution in [0.5, 0.6) is 5.75 Å². The average molecular weight is 349 g/mol. The van der Waals surface area contributed by atoms with Crippen LogP contribution in [0, 0.1) is 0 Å². The molecule has 0 spiro atoms. The molecule has 0 aliphatic carbocycles. The largest absolute Gasteiger partial charge is 0.496 e. The Morgan fingerprint density at radius 1 is 0.962 bits per heavy atom. The number of amides is 1. The molecule has 4 nitrogen and oxygen atoms in total. The fourth-order valence-electron chi connectivity index (χ4n) is 3.14. The molecule has 134 valence electrons. The number of benzene rings is 3. The number of ether oxygens (including phenoxy) is 2. The summed E-state index contributed by atoms with van der Waals surface area (Å²) < 4.78 is 10.9. The highest BCUT2D eigenvalue weighted by Crippen LogP contribution is 2.26. The van der Waals surface area contributed by atoms with E-state index in [1.807, 2.05) is 54.6 Å². The Kier molecular flexibility index (Phi) is 5.87. The van der Waals surface area contributed by atoms with E-state index in [-0.39, 0.29) is 12.0 Å². The summed E-state index contributed by atoms with van der Waals surface area (Å²) in [6.45, 7) is 0.389. The lowest BCUT2D eigenvalue weighted by atomic mass is 10.0. The Balaban J connectivity index is 1.68. The highest BCUT2D eigenvalue weighted by molar-refractivity contribution is 5.90. The van der Waals surface area contributed by atoms with Gasteiger partial charge in [-0.15, -0.1) is 0 Å². The van der Waals surface area contributed by atoms with Gasteiger partial charge in [-0.2, -0.15) is 0 Å². The summed E-state index contributed by atoms with van der Waals surface area (Å²) in [4.78, 5) is 12.5. The molecule has 0 heterocycles. The minimum Gasteiger partial charge on any atom is -0.496 e. The van der Waals surface area contributed by atoms with Crippen molar-refractivity contribution in [3.05, 3.63) is 77.9 Å². The lowest BCUT2D eigenvalue weighted by Gasteiger charge is -2.19. The van der Waals surface area contributed by atoms with Gasteiger partial charge < -0.3 is 14.8 Å². The Morgan fingerprint density at radius 2 is 1.69 bits per heavy atom. The molecule has 1 N–H and O–H groups in total. The number of fused-ring (bicyclic) bond motifs is 1. The minimum absolute atomic E-state index is 0.0294. The summed E-state index contributed by atoms with van der Waals surface area (Å²) in [5.74, 6) is 0.723. The van der Waals surface area contributed by atoms with Gasteiger partial charge in [0.1, 0.15) is 11.9 Å². The Bertz CT molecular complexity index is 886. The summed E-state index contributed by atoms with van der Waals surface area (Å²) >= 11 is 0. The zero-order valence-corrected chi connectivity index (χ0v) is 15.1.